The first-order valence-corrected chi connectivity index (χ1v) is 9.81. The van der Waals surface area contributed by atoms with Crippen LogP contribution in [0, 0.1) is 0 Å². The van der Waals surface area contributed by atoms with E-state index >= 15 is 0 Å². The van der Waals surface area contributed by atoms with Crippen LogP contribution in [-0.4, -0.2) is 63.3 Å². The lowest BCUT2D eigenvalue weighted by Gasteiger charge is -2.32. The van der Waals surface area contributed by atoms with E-state index in [1.807, 2.05) is 0 Å². The third-order valence-corrected chi connectivity index (χ3v) is 5.70. The van der Waals surface area contributed by atoms with Gasteiger partial charge in [-0.15, -0.1) is 0 Å². The second-order valence-corrected chi connectivity index (χ2v) is 7.74. The molecular weight excluding hydrogens is 348 g/mol. The van der Waals surface area contributed by atoms with Crippen molar-refractivity contribution < 1.29 is 27.8 Å². The highest BCUT2D eigenvalue weighted by atomic mass is 32.2. The van der Waals surface area contributed by atoms with E-state index < -0.39 is 16.1 Å². The Labute approximate surface area is 146 Å². The molecule has 2 aliphatic rings. The zero-order chi connectivity index (χ0) is 17.9. The lowest BCUT2D eigenvalue weighted by Crippen LogP contribution is -2.52. The van der Waals surface area contributed by atoms with Crippen LogP contribution in [0.2, 0.25) is 0 Å². The molecule has 0 spiro atoms. The normalized spacial score (nSPS) is 21.1. The number of aliphatic hydroxyl groups excluding tert-OH is 1. The molecule has 1 amide bonds. The number of fused-ring (bicyclic) bond motifs is 1. The lowest BCUT2D eigenvalue weighted by molar-refractivity contribution is -0.135. The van der Waals surface area contributed by atoms with Crippen LogP contribution in [0.1, 0.15) is 19.3 Å². The molecule has 1 fully saturated rings. The predicted molar refractivity (Wildman–Crippen MR) is 89.1 cm³/mol. The zero-order valence-electron chi connectivity index (χ0n) is 13.8. The van der Waals surface area contributed by atoms with Gasteiger partial charge in [0.25, 0.3) is 0 Å². The maximum absolute atomic E-state index is 12.7. The van der Waals surface area contributed by atoms with Gasteiger partial charge < -0.3 is 19.5 Å². The summed E-state index contributed by atoms with van der Waals surface area (Å²) in [5, 5.41) is 9.01. The predicted octanol–water partition coefficient (Wildman–Crippen LogP) is 0.109. The number of carbonyl (C=O) groups is 1. The molecule has 1 saturated heterocycles. The van der Waals surface area contributed by atoms with Gasteiger partial charge in [0, 0.05) is 25.6 Å². The first kappa shape index (κ1) is 18.0. The minimum Gasteiger partial charge on any atom is -0.490 e. The second-order valence-electron chi connectivity index (χ2n) is 6.02. The quantitative estimate of drug-likeness (QED) is 0.762. The van der Waals surface area contributed by atoms with Gasteiger partial charge in [0.1, 0.15) is 6.04 Å². The molecule has 0 aromatic heterocycles. The Kier molecular flexibility index (Phi) is 5.45. The highest BCUT2D eigenvalue weighted by molar-refractivity contribution is 7.89. The highest BCUT2D eigenvalue weighted by Gasteiger charge is 2.32. The fourth-order valence-corrected chi connectivity index (χ4v) is 4.20. The summed E-state index contributed by atoms with van der Waals surface area (Å²) in [6, 6.07) is 3.60. The number of rotatable bonds is 5. The number of nitrogens with zero attached hydrogens (tertiary/aromatic N) is 1. The van der Waals surface area contributed by atoms with E-state index in [1.54, 1.807) is 6.07 Å². The summed E-state index contributed by atoms with van der Waals surface area (Å²) in [5.74, 6) is 0.592. The zero-order valence-corrected chi connectivity index (χ0v) is 14.6. The Bertz CT molecular complexity index is 734. The fourth-order valence-electron chi connectivity index (χ4n) is 2.96. The number of amides is 1. The number of ether oxygens (including phenoxy) is 2. The molecule has 0 radical (unpaired) electrons. The summed E-state index contributed by atoms with van der Waals surface area (Å²) in [4.78, 5) is 13.9. The summed E-state index contributed by atoms with van der Waals surface area (Å²) < 4.78 is 38.8. The van der Waals surface area contributed by atoms with Crippen LogP contribution in [0.5, 0.6) is 11.5 Å². The molecule has 1 atom stereocenters. The van der Waals surface area contributed by atoms with Crippen molar-refractivity contribution in [2.75, 3.05) is 32.9 Å². The molecule has 3 rings (SSSR count). The largest absolute Gasteiger partial charge is 0.490 e. The number of hydrogen-bond donors (Lipinski definition) is 2. The van der Waals surface area contributed by atoms with E-state index in [-0.39, 0.29) is 24.0 Å². The van der Waals surface area contributed by atoms with Crippen molar-refractivity contribution in [1.82, 2.24) is 9.62 Å². The van der Waals surface area contributed by atoms with Crippen molar-refractivity contribution in [2.24, 2.45) is 0 Å². The Morgan fingerprint density at radius 1 is 1.20 bits per heavy atom. The van der Waals surface area contributed by atoms with Crippen LogP contribution < -0.4 is 14.2 Å². The van der Waals surface area contributed by atoms with E-state index in [4.69, 9.17) is 14.6 Å². The van der Waals surface area contributed by atoms with E-state index in [0.717, 1.165) is 6.42 Å². The van der Waals surface area contributed by atoms with Gasteiger partial charge in [-0.25, -0.2) is 8.42 Å². The summed E-state index contributed by atoms with van der Waals surface area (Å²) in [7, 11) is -3.87. The maximum atomic E-state index is 12.7. The van der Waals surface area contributed by atoms with Gasteiger partial charge in [0.15, 0.2) is 11.5 Å². The molecule has 0 unspecified atom stereocenters. The van der Waals surface area contributed by atoms with E-state index in [1.165, 1.54) is 17.0 Å². The third-order valence-electron chi connectivity index (χ3n) is 4.23. The van der Waals surface area contributed by atoms with Crippen molar-refractivity contribution in [3.8, 4) is 11.5 Å². The number of likely N-dealkylation sites (tertiary alicyclic amines) is 1. The molecule has 2 aliphatic heterocycles. The van der Waals surface area contributed by atoms with Crippen molar-refractivity contribution in [3.63, 3.8) is 0 Å². The van der Waals surface area contributed by atoms with Crippen molar-refractivity contribution >= 4 is 15.9 Å². The first-order chi connectivity index (χ1) is 12.0. The average molecular weight is 370 g/mol. The summed E-state index contributed by atoms with van der Waals surface area (Å²) in [5.41, 5.74) is 0. The molecule has 8 nitrogen and oxygen atoms in total. The number of piperidine rings is 1. The highest BCUT2D eigenvalue weighted by Crippen LogP contribution is 2.32. The smallest absolute Gasteiger partial charge is 0.241 e. The molecule has 25 heavy (non-hydrogen) atoms. The fraction of sp³-hybridized carbons (Fsp3) is 0.562. The molecule has 2 heterocycles. The molecule has 0 bridgehead atoms. The molecule has 0 aliphatic carbocycles. The van der Waals surface area contributed by atoms with Gasteiger partial charge in [-0.3, -0.25) is 4.79 Å². The van der Waals surface area contributed by atoms with Crippen LogP contribution in [0.15, 0.2) is 23.1 Å². The number of carbonyl (C=O) groups excluding carboxylic acids is 1. The average Bonchev–Trinajstić information content (AvgIpc) is 2.83. The molecule has 0 saturated carbocycles. The summed E-state index contributed by atoms with van der Waals surface area (Å²) >= 11 is 0. The van der Waals surface area contributed by atoms with Crippen molar-refractivity contribution in [2.45, 2.75) is 30.2 Å². The SMILES string of the molecule is O=C1[C@@H](NS(=O)(=O)c2ccc3c(c2)OCCCO3)CCCN1CCO. The number of β-amino-alcohol motifs (C(OH)–C–C–N with tert-alkyl or cyclic N) is 1. The molecule has 1 aromatic carbocycles. The molecule has 1 aromatic rings. The van der Waals surface area contributed by atoms with E-state index in [2.05, 4.69) is 4.72 Å². The van der Waals surface area contributed by atoms with Crippen LogP contribution in [0.3, 0.4) is 0 Å². The maximum Gasteiger partial charge on any atom is 0.241 e. The molecular formula is C16H22N2O6S. The lowest BCUT2D eigenvalue weighted by atomic mass is 10.1. The van der Waals surface area contributed by atoms with E-state index in [9.17, 15) is 13.2 Å². The third kappa shape index (κ3) is 4.05. The van der Waals surface area contributed by atoms with E-state index in [0.29, 0.717) is 44.1 Å². The van der Waals surface area contributed by atoms with Gasteiger partial charge in [0.05, 0.1) is 24.7 Å². The van der Waals surface area contributed by atoms with Crippen molar-refractivity contribution in [1.29, 1.82) is 0 Å². The Balaban J connectivity index is 1.77. The van der Waals surface area contributed by atoms with Crippen molar-refractivity contribution in [3.05, 3.63) is 18.2 Å². The Hall–Kier alpha value is -1.84. The van der Waals surface area contributed by atoms with Crippen LogP contribution in [-0.2, 0) is 14.8 Å². The van der Waals surface area contributed by atoms with Gasteiger partial charge in [-0.05, 0) is 25.0 Å². The summed E-state index contributed by atoms with van der Waals surface area (Å²) in [6.45, 7) is 1.58. The number of benzene rings is 1. The summed E-state index contributed by atoms with van der Waals surface area (Å²) in [6.07, 6.45) is 1.84. The number of sulfonamides is 1. The van der Waals surface area contributed by atoms with Crippen LogP contribution >= 0.6 is 0 Å². The van der Waals surface area contributed by atoms with Gasteiger partial charge in [-0.2, -0.15) is 4.72 Å². The second kappa shape index (κ2) is 7.59. The molecule has 138 valence electrons. The minimum atomic E-state index is -3.87. The van der Waals surface area contributed by atoms with Gasteiger partial charge >= 0.3 is 0 Å². The Morgan fingerprint density at radius 3 is 2.72 bits per heavy atom. The number of hydrogen-bond acceptors (Lipinski definition) is 6. The first-order valence-electron chi connectivity index (χ1n) is 8.33. The molecule has 2 N–H and O–H groups in total. The Morgan fingerprint density at radius 2 is 1.96 bits per heavy atom. The monoisotopic (exact) mass is 370 g/mol. The van der Waals surface area contributed by atoms with Gasteiger partial charge in [0.2, 0.25) is 15.9 Å². The standard InChI is InChI=1S/C16H22N2O6S/c19-8-7-18-6-1-3-13(16(18)20)17-25(21,22)12-4-5-14-15(11-12)24-10-2-9-23-14/h4-5,11,13,17,19H,1-3,6-10H2/t13-/m0/s1. The molecule has 9 heteroatoms. The van der Waals surface area contributed by atoms with Gasteiger partial charge in [-0.1, -0.05) is 0 Å². The number of aliphatic hydroxyl groups is 1. The van der Waals surface area contributed by atoms with Crippen LogP contribution in [0.4, 0.5) is 0 Å². The topological polar surface area (TPSA) is 105 Å². The number of nitrogens with one attached hydrogen (secondary N) is 1. The minimum absolute atomic E-state index is 0.0313. The van der Waals surface area contributed by atoms with Crippen LogP contribution in [0.25, 0.3) is 0 Å².